The molecule has 0 amide bonds. The van der Waals surface area contributed by atoms with E-state index >= 15 is 0 Å². The average Bonchev–Trinajstić information content (AvgIpc) is 2.01. The number of pyridine rings is 1. The lowest BCUT2D eigenvalue weighted by atomic mass is 10.4. The van der Waals surface area contributed by atoms with E-state index in [1.54, 1.807) is 0 Å². The summed E-state index contributed by atoms with van der Waals surface area (Å²) < 4.78 is 34.0. The minimum atomic E-state index is -4.09. The van der Waals surface area contributed by atoms with Gasteiger partial charge in [0.25, 0.3) is 9.05 Å². The SMILES string of the molecule is N#Cc1cc(F)cc(S(=O)(=O)Cl)n1. The van der Waals surface area contributed by atoms with Gasteiger partial charge in [0.1, 0.15) is 17.6 Å². The largest absolute Gasteiger partial charge is 0.278 e. The van der Waals surface area contributed by atoms with Gasteiger partial charge in [-0.2, -0.15) is 5.26 Å². The maximum atomic E-state index is 12.6. The van der Waals surface area contributed by atoms with Crippen molar-refractivity contribution in [2.75, 3.05) is 0 Å². The first-order valence-electron chi connectivity index (χ1n) is 2.96. The Kier molecular flexibility index (Phi) is 2.50. The molecule has 1 aromatic heterocycles. The lowest BCUT2D eigenvalue weighted by Crippen LogP contribution is -1.98. The van der Waals surface area contributed by atoms with E-state index in [-0.39, 0.29) is 5.69 Å². The highest BCUT2D eigenvalue weighted by Gasteiger charge is 2.14. The first-order valence-corrected chi connectivity index (χ1v) is 5.27. The van der Waals surface area contributed by atoms with Crippen LogP contribution in [0.15, 0.2) is 17.2 Å². The van der Waals surface area contributed by atoms with Crippen molar-refractivity contribution in [1.82, 2.24) is 4.98 Å². The molecule has 0 aromatic carbocycles. The molecule has 0 radical (unpaired) electrons. The maximum absolute atomic E-state index is 12.6. The van der Waals surface area contributed by atoms with Gasteiger partial charge in [-0.1, -0.05) is 0 Å². The van der Waals surface area contributed by atoms with Crippen LogP contribution in [-0.2, 0) is 9.05 Å². The van der Waals surface area contributed by atoms with Gasteiger partial charge in [-0.3, -0.25) is 0 Å². The Morgan fingerprint density at radius 2 is 2.15 bits per heavy atom. The number of nitrogens with zero attached hydrogens (tertiary/aromatic N) is 2. The Hall–Kier alpha value is -1.19. The van der Waals surface area contributed by atoms with Gasteiger partial charge in [0.15, 0.2) is 5.03 Å². The molecule has 0 N–H and O–H groups in total. The van der Waals surface area contributed by atoms with Crippen LogP contribution in [0.5, 0.6) is 0 Å². The summed E-state index contributed by atoms with van der Waals surface area (Å²) >= 11 is 0. The molecule has 13 heavy (non-hydrogen) atoms. The highest BCUT2D eigenvalue weighted by Crippen LogP contribution is 2.13. The van der Waals surface area contributed by atoms with Crippen molar-refractivity contribution in [2.45, 2.75) is 5.03 Å². The summed E-state index contributed by atoms with van der Waals surface area (Å²) in [4.78, 5) is 3.30. The van der Waals surface area contributed by atoms with Gasteiger partial charge >= 0.3 is 0 Å². The van der Waals surface area contributed by atoms with Crippen LogP contribution in [0.2, 0.25) is 0 Å². The summed E-state index contributed by atoms with van der Waals surface area (Å²) in [5.41, 5.74) is -0.334. The summed E-state index contributed by atoms with van der Waals surface area (Å²) in [6.45, 7) is 0. The van der Waals surface area contributed by atoms with Crippen molar-refractivity contribution in [1.29, 1.82) is 5.26 Å². The van der Waals surface area contributed by atoms with Crippen molar-refractivity contribution in [2.24, 2.45) is 0 Å². The van der Waals surface area contributed by atoms with Crippen molar-refractivity contribution in [3.05, 3.63) is 23.6 Å². The second-order valence-electron chi connectivity index (χ2n) is 2.06. The fraction of sp³-hybridized carbons (Fsp3) is 0. The van der Waals surface area contributed by atoms with Gasteiger partial charge in [0, 0.05) is 22.8 Å². The number of aromatic nitrogens is 1. The average molecular weight is 221 g/mol. The van der Waals surface area contributed by atoms with Crippen molar-refractivity contribution in [3.8, 4) is 6.07 Å². The number of hydrogen-bond donors (Lipinski definition) is 0. The topological polar surface area (TPSA) is 70.8 Å². The molecule has 0 saturated carbocycles. The Morgan fingerprint density at radius 1 is 1.54 bits per heavy atom. The van der Waals surface area contributed by atoms with Crippen molar-refractivity contribution >= 4 is 19.7 Å². The Morgan fingerprint density at radius 3 is 2.62 bits per heavy atom. The standard InChI is InChI=1S/C6H2ClFN2O2S/c7-13(11,12)6-2-4(8)1-5(3-9)10-6/h1-2H. The summed E-state index contributed by atoms with van der Waals surface area (Å²) in [6, 6.07) is 2.96. The fourth-order valence-electron chi connectivity index (χ4n) is 0.656. The zero-order valence-corrected chi connectivity index (χ0v) is 7.60. The van der Waals surface area contributed by atoms with Gasteiger partial charge in [-0.25, -0.2) is 17.8 Å². The molecule has 0 unspecified atom stereocenters. The summed E-state index contributed by atoms with van der Waals surface area (Å²) in [5.74, 6) is -0.870. The van der Waals surface area contributed by atoms with Crippen molar-refractivity contribution < 1.29 is 12.8 Å². The molecule has 7 heteroatoms. The lowest BCUT2D eigenvalue weighted by molar-refractivity contribution is 0.595. The monoisotopic (exact) mass is 220 g/mol. The van der Waals surface area contributed by atoms with Gasteiger partial charge in [-0.15, -0.1) is 0 Å². The molecular weight excluding hydrogens is 219 g/mol. The summed E-state index contributed by atoms with van der Waals surface area (Å²) in [6.07, 6.45) is 0. The Labute approximate surface area is 78.0 Å². The van der Waals surface area contributed by atoms with Gasteiger partial charge in [-0.05, 0) is 0 Å². The molecule has 0 atom stereocenters. The van der Waals surface area contributed by atoms with Crippen LogP contribution < -0.4 is 0 Å². The first kappa shape index (κ1) is 9.89. The van der Waals surface area contributed by atoms with Crippen LogP contribution in [0.3, 0.4) is 0 Å². The number of nitriles is 1. The van der Waals surface area contributed by atoms with E-state index in [0.29, 0.717) is 6.07 Å². The smallest absolute Gasteiger partial charge is 0.224 e. The Balaban J connectivity index is 3.44. The summed E-state index contributed by atoms with van der Waals surface area (Å²) in [7, 11) is 0.805. The highest BCUT2D eigenvalue weighted by atomic mass is 35.7. The zero-order valence-electron chi connectivity index (χ0n) is 6.03. The molecule has 0 spiro atoms. The quantitative estimate of drug-likeness (QED) is 0.663. The van der Waals surface area contributed by atoms with E-state index in [1.807, 2.05) is 0 Å². The number of rotatable bonds is 1. The maximum Gasteiger partial charge on any atom is 0.278 e. The first-order chi connectivity index (χ1) is 5.93. The molecule has 0 aliphatic rings. The number of halogens is 2. The molecule has 0 aliphatic heterocycles. The van der Waals surface area contributed by atoms with Gasteiger partial charge in [0.05, 0.1) is 0 Å². The summed E-state index contributed by atoms with van der Waals surface area (Å²) in [5, 5.41) is 7.67. The minimum Gasteiger partial charge on any atom is -0.224 e. The van der Waals surface area contributed by atoms with Crippen LogP contribution in [0, 0.1) is 17.1 Å². The fourth-order valence-corrected chi connectivity index (χ4v) is 1.35. The molecule has 1 aromatic rings. The van der Waals surface area contributed by atoms with E-state index in [4.69, 9.17) is 15.9 Å². The molecule has 1 rings (SSSR count). The predicted octanol–water partition coefficient (Wildman–Crippen LogP) is 1.02. The third-order valence-electron chi connectivity index (χ3n) is 1.13. The normalized spacial score (nSPS) is 10.8. The number of hydrogen-bond acceptors (Lipinski definition) is 4. The van der Waals surface area contributed by atoms with Crippen LogP contribution in [0.25, 0.3) is 0 Å². The van der Waals surface area contributed by atoms with Crippen LogP contribution in [0.1, 0.15) is 5.69 Å². The Bertz CT molecular complexity index is 480. The van der Waals surface area contributed by atoms with Crippen molar-refractivity contribution in [3.63, 3.8) is 0 Å². The molecule has 0 saturated heterocycles. The molecule has 0 bridgehead atoms. The predicted molar refractivity (Wildman–Crippen MR) is 41.9 cm³/mol. The molecule has 0 fully saturated rings. The van der Waals surface area contributed by atoms with Crippen LogP contribution in [-0.4, -0.2) is 13.4 Å². The lowest BCUT2D eigenvalue weighted by Gasteiger charge is -1.95. The second kappa shape index (κ2) is 3.28. The van der Waals surface area contributed by atoms with E-state index in [9.17, 15) is 12.8 Å². The third kappa shape index (κ3) is 2.37. The molecule has 0 aliphatic carbocycles. The third-order valence-corrected chi connectivity index (χ3v) is 2.31. The van der Waals surface area contributed by atoms with E-state index < -0.39 is 19.9 Å². The molecular formula is C6H2ClFN2O2S. The molecule has 1 heterocycles. The highest BCUT2D eigenvalue weighted by molar-refractivity contribution is 8.13. The van der Waals surface area contributed by atoms with Gasteiger partial charge < -0.3 is 0 Å². The van der Waals surface area contributed by atoms with Crippen LogP contribution in [0.4, 0.5) is 4.39 Å². The van der Waals surface area contributed by atoms with Crippen LogP contribution >= 0.6 is 10.7 Å². The minimum absolute atomic E-state index is 0.334. The molecule has 4 nitrogen and oxygen atoms in total. The molecule has 68 valence electrons. The van der Waals surface area contributed by atoms with Gasteiger partial charge in [0.2, 0.25) is 0 Å². The van der Waals surface area contributed by atoms with E-state index in [0.717, 1.165) is 6.07 Å². The van der Waals surface area contributed by atoms with E-state index in [1.165, 1.54) is 6.07 Å². The second-order valence-corrected chi connectivity index (χ2v) is 4.57. The zero-order chi connectivity index (χ0) is 10.1. The van der Waals surface area contributed by atoms with E-state index in [2.05, 4.69) is 4.98 Å².